The zero-order chi connectivity index (χ0) is 45.3. The molecule has 0 aliphatic heterocycles. The second-order valence-electron chi connectivity index (χ2n) is 19.6. The third kappa shape index (κ3) is 31.8. The Balaban J connectivity index is 0.0000205. The van der Waals surface area contributed by atoms with Gasteiger partial charge in [-0.3, -0.25) is 4.99 Å². The van der Waals surface area contributed by atoms with Crippen LogP contribution in [-0.2, 0) is 42.2 Å². The average molecular weight is 924 g/mol. The zero-order valence-corrected chi connectivity index (χ0v) is 44.4. The van der Waals surface area contributed by atoms with Gasteiger partial charge in [-0.25, -0.2) is 4.99 Å². The standard InChI is InChI=1S/C61H104N2.Ni/c1-7-13-19-20-21-22-23-24-25-26-27-28-29-30-31-32-33-34-35-36-37-38-39-40-41-47-61(63-59-52-56(44-16-10-4)49-57(53-59)45-17-11-5)60(46-18-12-6)62-58-50-54(42-14-8-2)48-55(51-58)43-15-9-3;/h41,47-53H,7-40,42-46H2,1-6H3;. The van der Waals surface area contributed by atoms with E-state index in [-0.39, 0.29) is 16.5 Å². The molecule has 0 N–H and O–H groups in total. The van der Waals surface area contributed by atoms with E-state index >= 15 is 0 Å². The molecule has 2 aromatic carbocycles. The molecule has 0 aromatic heterocycles. The van der Waals surface area contributed by atoms with E-state index in [1.165, 1.54) is 221 Å². The number of allylic oxidation sites excluding steroid dienone is 2. The fourth-order valence-corrected chi connectivity index (χ4v) is 9.04. The summed E-state index contributed by atoms with van der Waals surface area (Å²) in [6.07, 6.45) is 56.4. The van der Waals surface area contributed by atoms with E-state index in [4.69, 9.17) is 9.98 Å². The van der Waals surface area contributed by atoms with Gasteiger partial charge in [0.05, 0.1) is 22.8 Å². The van der Waals surface area contributed by atoms with Crippen LogP contribution in [0.5, 0.6) is 0 Å². The van der Waals surface area contributed by atoms with Gasteiger partial charge in [0.15, 0.2) is 0 Å². The van der Waals surface area contributed by atoms with Crippen LogP contribution in [-0.4, -0.2) is 11.4 Å². The van der Waals surface area contributed by atoms with E-state index in [0.29, 0.717) is 0 Å². The SMILES string of the molecule is CCCCCCCCCCCCCCCCCCCCCCCCCC=CC(=Nc1cc(CCCC)cc(CCCC)c1)C(CCCC)=Nc1cc(CCCC)cc(CCCC)c1.[Ni]. The summed E-state index contributed by atoms with van der Waals surface area (Å²) in [6, 6.07) is 14.4. The van der Waals surface area contributed by atoms with Crippen molar-refractivity contribution < 1.29 is 16.5 Å². The first-order valence-corrected chi connectivity index (χ1v) is 28.1. The molecule has 64 heavy (non-hydrogen) atoms. The second kappa shape index (κ2) is 43.6. The van der Waals surface area contributed by atoms with Gasteiger partial charge >= 0.3 is 0 Å². The van der Waals surface area contributed by atoms with E-state index in [1.807, 2.05) is 0 Å². The van der Waals surface area contributed by atoms with E-state index in [2.05, 4.69) is 90.1 Å². The Morgan fingerprint density at radius 3 is 0.969 bits per heavy atom. The van der Waals surface area contributed by atoms with Gasteiger partial charge in [-0.15, -0.1) is 0 Å². The fourth-order valence-electron chi connectivity index (χ4n) is 9.04. The molecular formula is C61H104N2Ni. The van der Waals surface area contributed by atoms with Gasteiger partial charge in [0.2, 0.25) is 0 Å². The molecule has 0 aliphatic rings. The molecule has 2 nitrogen and oxygen atoms in total. The topological polar surface area (TPSA) is 24.7 Å². The molecule has 0 saturated heterocycles. The summed E-state index contributed by atoms with van der Waals surface area (Å²) >= 11 is 0. The van der Waals surface area contributed by atoms with E-state index in [0.717, 1.165) is 74.2 Å². The molecule has 2 rings (SSSR count). The molecule has 368 valence electrons. The van der Waals surface area contributed by atoms with Crippen molar-refractivity contribution in [1.29, 1.82) is 0 Å². The van der Waals surface area contributed by atoms with Crippen molar-refractivity contribution in [3.05, 3.63) is 70.8 Å². The summed E-state index contributed by atoms with van der Waals surface area (Å²) in [5.74, 6) is 0. The van der Waals surface area contributed by atoms with Crippen LogP contribution in [0.4, 0.5) is 11.4 Å². The smallest absolute Gasteiger partial charge is 0.0848 e. The molecule has 0 heterocycles. The van der Waals surface area contributed by atoms with Crippen molar-refractivity contribution in [2.45, 2.75) is 292 Å². The number of rotatable bonds is 43. The first kappa shape index (κ1) is 60.0. The van der Waals surface area contributed by atoms with Crippen LogP contribution in [0, 0.1) is 0 Å². The maximum absolute atomic E-state index is 5.52. The van der Waals surface area contributed by atoms with Crippen molar-refractivity contribution in [2.75, 3.05) is 0 Å². The number of aliphatic imine (C=N–C) groups is 2. The Hall–Kier alpha value is -1.99. The normalized spacial score (nSPS) is 12.2. The Kier molecular flexibility index (Phi) is 40.9. The van der Waals surface area contributed by atoms with Crippen molar-refractivity contribution in [2.24, 2.45) is 9.98 Å². The van der Waals surface area contributed by atoms with Crippen LogP contribution in [0.2, 0.25) is 0 Å². The van der Waals surface area contributed by atoms with Crippen molar-refractivity contribution in [3.8, 4) is 0 Å². The minimum absolute atomic E-state index is 0. The minimum atomic E-state index is 0. The van der Waals surface area contributed by atoms with Crippen LogP contribution in [0.25, 0.3) is 0 Å². The maximum atomic E-state index is 5.52. The first-order chi connectivity index (χ1) is 31.1. The molecule has 0 fully saturated rings. The number of hydrogen-bond donors (Lipinski definition) is 0. The fraction of sp³-hybridized carbons (Fsp3) is 0.738. The first-order valence-electron chi connectivity index (χ1n) is 28.1. The van der Waals surface area contributed by atoms with Crippen LogP contribution >= 0.6 is 0 Å². The molecule has 0 saturated carbocycles. The summed E-state index contributed by atoms with van der Waals surface area (Å²) in [4.78, 5) is 11.0. The van der Waals surface area contributed by atoms with Crippen LogP contribution in [0.1, 0.15) is 289 Å². The van der Waals surface area contributed by atoms with Crippen molar-refractivity contribution in [1.82, 2.24) is 0 Å². The van der Waals surface area contributed by atoms with E-state index in [9.17, 15) is 0 Å². The monoisotopic (exact) mass is 923 g/mol. The van der Waals surface area contributed by atoms with Crippen LogP contribution < -0.4 is 0 Å². The van der Waals surface area contributed by atoms with Gasteiger partial charge in [-0.05, 0) is 130 Å². The predicted molar refractivity (Wildman–Crippen MR) is 287 cm³/mol. The maximum Gasteiger partial charge on any atom is 0.0848 e. The Morgan fingerprint density at radius 2 is 0.641 bits per heavy atom. The predicted octanol–water partition coefficient (Wildman–Crippen LogP) is 21.0. The number of aryl methyl sites for hydroxylation is 4. The molecule has 0 atom stereocenters. The zero-order valence-electron chi connectivity index (χ0n) is 43.4. The molecular weight excluding hydrogens is 819 g/mol. The molecule has 2 aromatic rings. The van der Waals surface area contributed by atoms with Gasteiger partial charge in [-0.1, -0.05) is 233 Å². The summed E-state index contributed by atoms with van der Waals surface area (Å²) in [7, 11) is 0. The van der Waals surface area contributed by atoms with Gasteiger partial charge in [0.1, 0.15) is 0 Å². The van der Waals surface area contributed by atoms with Gasteiger partial charge in [-0.2, -0.15) is 0 Å². The number of nitrogens with zero attached hydrogens (tertiary/aromatic N) is 2. The van der Waals surface area contributed by atoms with Crippen molar-refractivity contribution >= 4 is 22.8 Å². The summed E-state index contributed by atoms with van der Waals surface area (Å²) < 4.78 is 0. The average Bonchev–Trinajstić information content (AvgIpc) is 3.29. The van der Waals surface area contributed by atoms with Gasteiger partial charge < -0.3 is 0 Å². The van der Waals surface area contributed by atoms with E-state index < -0.39 is 0 Å². The Bertz CT molecular complexity index is 1400. The van der Waals surface area contributed by atoms with Crippen LogP contribution in [0.15, 0.2) is 58.5 Å². The molecule has 0 bridgehead atoms. The third-order valence-electron chi connectivity index (χ3n) is 13.2. The summed E-state index contributed by atoms with van der Waals surface area (Å²) in [5, 5.41) is 0. The number of benzene rings is 2. The summed E-state index contributed by atoms with van der Waals surface area (Å²) in [5.41, 5.74) is 10.2. The van der Waals surface area contributed by atoms with Gasteiger partial charge in [0.25, 0.3) is 0 Å². The Labute approximate surface area is 410 Å². The quantitative estimate of drug-likeness (QED) is 0.0360. The van der Waals surface area contributed by atoms with Crippen LogP contribution in [0.3, 0.4) is 0 Å². The molecule has 0 aliphatic carbocycles. The largest absolute Gasteiger partial charge is 0.251 e. The number of hydrogen-bond acceptors (Lipinski definition) is 2. The summed E-state index contributed by atoms with van der Waals surface area (Å²) in [6.45, 7) is 13.8. The van der Waals surface area contributed by atoms with E-state index in [1.54, 1.807) is 0 Å². The molecule has 0 unspecified atom stereocenters. The molecule has 3 heteroatoms. The van der Waals surface area contributed by atoms with Crippen molar-refractivity contribution in [3.63, 3.8) is 0 Å². The Morgan fingerprint density at radius 1 is 0.344 bits per heavy atom. The second-order valence-corrected chi connectivity index (χ2v) is 19.6. The minimum Gasteiger partial charge on any atom is -0.251 e. The third-order valence-corrected chi connectivity index (χ3v) is 13.2. The van der Waals surface area contributed by atoms with Gasteiger partial charge in [0, 0.05) is 16.5 Å². The molecule has 0 radical (unpaired) electrons. The number of unbranched alkanes of at least 4 members (excludes halogenated alkanes) is 28. The molecule has 0 amide bonds. The molecule has 0 spiro atoms.